The monoisotopic (exact) mass is 322 g/mol. The molecule has 1 aromatic carbocycles. The molecule has 0 amide bonds. The Labute approximate surface area is 108 Å². The Bertz CT molecular complexity index is 225. The van der Waals surface area contributed by atoms with Crippen LogP contribution in [-0.4, -0.2) is 13.2 Å². The van der Waals surface area contributed by atoms with Gasteiger partial charge in [0.05, 0.1) is 0 Å². The van der Waals surface area contributed by atoms with Gasteiger partial charge in [0, 0.05) is 13.2 Å². The fourth-order valence-electron chi connectivity index (χ4n) is 1.10. The second kappa shape index (κ2) is 10.8. The normalized spacial score (nSPS) is 9.73. The maximum atomic E-state index is 5.43. The van der Waals surface area contributed by atoms with Crippen molar-refractivity contribution in [1.82, 2.24) is 0 Å². The topological polar surface area (TPSA) is 18.5 Å². The molecule has 15 heavy (non-hydrogen) atoms. The van der Waals surface area contributed by atoms with Crippen molar-refractivity contribution in [3.63, 3.8) is 0 Å². The van der Waals surface area contributed by atoms with Crippen molar-refractivity contribution in [3.8, 4) is 0 Å². The molecule has 0 bridgehead atoms. The van der Waals surface area contributed by atoms with Crippen molar-refractivity contribution >= 4 is 13.6 Å². The van der Waals surface area contributed by atoms with Crippen LogP contribution in [0.4, 0.5) is 0 Å². The van der Waals surface area contributed by atoms with E-state index in [1.807, 2.05) is 38.1 Å². The summed E-state index contributed by atoms with van der Waals surface area (Å²) in [5.74, 6) is 0. The SMILES string of the molecule is CCOC(OCC)c1cc[c-]cc1.[Zn+][Br]. The van der Waals surface area contributed by atoms with Crippen molar-refractivity contribution < 1.29 is 25.8 Å². The van der Waals surface area contributed by atoms with E-state index in [2.05, 4.69) is 19.7 Å². The van der Waals surface area contributed by atoms with Crippen LogP contribution in [0.2, 0.25) is 0 Å². The molecule has 0 N–H and O–H groups in total. The Hall–Kier alpha value is 0.243. The first-order valence-electron chi connectivity index (χ1n) is 4.84. The van der Waals surface area contributed by atoms with E-state index in [-0.39, 0.29) is 6.29 Å². The third-order valence-electron chi connectivity index (χ3n) is 1.65. The fourth-order valence-corrected chi connectivity index (χ4v) is 1.10. The molecule has 0 aliphatic rings. The van der Waals surface area contributed by atoms with Gasteiger partial charge in [-0.15, -0.1) is 5.56 Å². The number of hydrogen-bond acceptors (Lipinski definition) is 2. The first-order valence-corrected chi connectivity index (χ1v) is 11.8. The summed E-state index contributed by atoms with van der Waals surface area (Å²) < 4.78 is 10.9. The van der Waals surface area contributed by atoms with Gasteiger partial charge in [0.25, 0.3) is 0 Å². The number of rotatable bonds is 5. The van der Waals surface area contributed by atoms with Gasteiger partial charge in [-0.3, -0.25) is 0 Å². The Balaban J connectivity index is 0.000000921. The van der Waals surface area contributed by atoms with Gasteiger partial charge < -0.3 is 9.47 Å². The summed E-state index contributed by atoms with van der Waals surface area (Å²) in [5, 5.41) is 0. The van der Waals surface area contributed by atoms with Crippen LogP contribution in [0.25, 0.3) is 0 Å². The summed E-state index contributed by atoms with van der Waals surface area (Å²) in [4.78, 5) is 0. The molecule has 0 atom stereocenters. The predicted molar refractivity (Wildman–Crippen MR) is 60.2 cm³/mol. The predicted octanol–water partition coefficient (Wildman–Crippen LogP) is 3.40. The Morgan fingerprint density at radius 1 is 1.20 bits per heavy atom. The molecule has 0 aromatic heterocycles. The van der Waals surface area contributed by atoms with Crippen LogP contribution in [0.15, 0.2) is 24.3 Å². The summed E-state index contributed by atoms with van der Waals surface area (Å²) in [6.45, 7) is 5.23. The number of hydrogen-bond donors (Lipinski definition) is 0. The third-order valence-corrected chi connectivity index (χ3v) is 1.65. The van der Waals surface area contributed by atoms with Gasteiger partial charge in [0.15, 0.2) is 6.29 Å². The van der Waals surface area contributed by atoms with E-state index in [1.165, 1.54) is 16.3 Å². The van der Waals surface area contributed by atoms with Crippen LogP contribution in [-0.2, 0) is 25.8 Å². The van der Waals surface area contributed by atoms with Gasteiger partial charge in [0.1, 0.15) is 0 Å². The molecule has 0 spiro atoms. The molecule has 0 radical (unpaired) electrons. The van der Waals surface area contributed by atoms with E-state index >= 15 is 0 Å². The van der Waals surface area contributed by atoms with Gasteiger partial charge >= 0.3 is 30.0 Å². The molecule has 2 nitrogen and oxygen atoms in total. The molecule has 0 heterocycles. The summed E-state index contributed by atoms with van der Waals surface area (Å²) in [6.07, 6.45) is -0.232. The fraction of sp³-hybridized carbons (Fsp3) is 0.455. The van der Waals surface area contributed by atoms with Crippen molar-refractivity contribution in [3.05, 3.63) is 35.9 Å². The molecule has 0 fully saturated rings. The molecule has 0 aliphatic carbocycles. The Morgan fingerprint density at radius 3 is 2.07 bits per heavy atom. The van der Waals surface area contributed by atoms with Crippen molar-refractivity contribution in [2.45, 2.75) is 20.1 Å². The van der Waals surface area contributed by atoms with Crippen molar-refractivity contribution in [2.75, 3.05) is 13.2 Å². The average molecular weight is 325 g/mol. The van der Waals surface area contributed by atoms with E-state index in [9.17, 15) is 0 Å². The molecular weight excluding hydrogens is 309 g/mol. The molecule has 0 saturated heterocycles. The van der Waals surface area contributed by atoms with Gasteiger partial charge in [-0.1, -0.05) is 0 Å². The summed E-state index contributed by atoms with van der Waals surface area (Å²) in [6, 6.07) is 10.6. The Morgan fingerprint density at radius 2 is 1.67 bits per heavy atom. The number of ether oxygens (including phenoxy) is 2. The molecule has 80 valence electrons. The number of benzene rings is 1. The molecule has 1 aromatic rings. The van der Waals surface area contributed by atoms with Crippen molar-refractivity contribution in [1.29, 1.82) is 0 Å². The first kappa shape index (κ1) is 15.2. The molecule has 1 rings (SSSR count). The molecular formula is C11H15BrO2Zn. The summed E-state index contributed by atoms with van der Waals surface area (Å²) in [5.41, 5.74) is 1.04. The van der Waals surface area contributed by atoms with Crippen LogP contribution in [0.5, 0.6) is 0 Å². The second-order valence-electron chi connectivity index (χ2n) is 2.58. The van der Waals surface area contributed by atoms with Crippen molar-refractivity contribution in [2.24, 2.45) is 0 Å². The molecule has 4 heteroatoms. The van der Waals surface area contributed by atoms with Crippen LogP contribution in [0.1, 0.15) is 25.7 Å². The summed E-state index contributed by atoms with van der Waals surface area (Å²) in [7, 11) is 0. The Kier molecular flexibility index (Phi) is 10.9. The van der Waals surface area contributed by atoms with Gasteiger partial charge in [-0.25, -0.2) is 0 Å². The van der Waals surface area contributed by atoms with E-state index in [1.54, 1.807) is 0 Å². The molecule has 0 unspecified atom stereocenters. The van der Waals surface area contributed by atoms with E-state index < -0.39 is 0 Å². The molecule has 0 saturated carbocycles. The van der Waals surface area contributed by atoms with Crippen LogP contribution >= 0.6 is 13.6 Å². The maximum absolute atomic E-state index is 5.43. The van der Waals surface area contributed by atoms with Crippen LogP contribution in [0.3, 0.4) is 0 Å². The molecule has 0 aliphatic heterocycles. The minimum atomic E-state index is -0.232. The number of halogens is 1. The average Bonchev–Trinajstić information content (AvgIpc) is 2.33. The zero-order valence-electron chi connectivity index (χ0n) is 9.20. The van der Waals surface area contributed by atoms with Crippen LogP contribution in [0, 0.1) is 6.07 Å². The summed E-state index contributed by atoms with van der Waals surface area (Å²) >= 11 is 4.25. The van der Waals surface area contributed by atoms with Crippen LogP contribution < -0.4 is 0 Å². The van der Waals surface area contributed by atoms with Gasteiger partial charge in [-0.2, -0.15) is 30.3 Å². The second-order valence-corrected chi connectivity index (χ2v) is 2.58. The van der Waals surface area contributed by atoms with E-state index in [0.717, 1.165) is 5.56 Å². The van der Waals surface area contributed by atoms with E-state index in [4.69, 9.17) is 9.47 Å². The standard InChI is InChI=1S/C11H15O2.BrH.Zn/c1-3-12-11(13-4-2)10-8-6-5-7-9-10;;/h6-9,11H,3-4H2,1-2H3;1H;/q-1;;+2/p-1. The van der Waals surface area contributed by atoms with E-state index in [0.29, 0.717) is 13.2 Å². The first-order chi connectivity index (χ1) is 7.38. The zero-order chi connectivity index (χ0) is 11.5. The van der Waals surface area contributed by atoms with Gasteiger partial charge in [-0.05, 0) is 13.8 Å². The quantitative estimate of drug-likeness (QED) is 0.469. The van der Waals surface area contributed by atoms with Gasteiger partial charge in [0.2, 0.25) is 0 Å². The third kappa shape index (κ3) is 6.42. The minimum absolute atomic E-state index is 0.232. The zero-order valence-corrected chi connectivity index (χ0v) is 13.8.